The number of hydrogen-bond donors (Lipinski definition) is 0. The second kappa shape index (κ2) is 6.48. The van der Waals surface area contributed by atoms with Gasteiger partial charge in [0.25, 0.3) is 3.79 Å². The van der Waals surface area contributed by atoms with Crippen LogP contribution in [-0.2, 0) is 9.63 Å². The van der Waals surface area contributed by atoms with E-state index in [1.807, 2.05) is 0 Å². The number of rotatable bonds is 3. The van der Waals surface area contributed by atoms with Crippen LogP contribution in [0.4, 0.5) is 0 Å². The molecule has 8 heteroatoms. The van der Waals surface area contributed by atoms with Crippen molar-refractivity contribution >= 4 is 58.6 Å². The summed E-state index contributed by atoms with van der Waals surface area (Å²) in [4.78, 5) is 15.8. The molecule has 98 valence electrons. The van der Waals surface area contributed by atoms with Gasteiger partial charge >= 0.3 is 5.97 Å². The first-order valence-corrected chi connectivity index (χ1v) is 6.12. The number of halogens is 4. The van der Waals surface area contributed by atoms with Crippen LogP contribution in [-0.4, -0.2) is 28.2 Å². The number of hydrazone groups is 1. The highest BCUT2D eigenvalue weighted by molar-refractivity contribution is 6.75. The molecule has 0 aliphatic heterocycles. The maximum absolute atomic E-state index is 11.2. The van der Waals surface area contributed by atoms with Crippen LogP contribution in [0.1, 0.15) is 5.56 Å². The van der Waals surface area contributed by atoms with Crippen LogP contribution in [0.25, 0.3) is 0 Å². The first kappa shape index (κ1) is 15.4. The Hall–Kier alpha value is -0.680. The summed E-state index contributed by atoms with van der Waals surface area (Å²) in [7, 11) is 1.39. The van der Waals surface area contributed by atoms with Crippen LogP contribution in [0, 0.1) is 0 Å². The van der Waals surface area contributed by atoms with Gasteiger partial charge in [0.2, 0.25) is 0 Å². The number of nitrogens with zero attached hydrogens (tertiary/aromatic N) is 2. The van der Waals surface area contributed by atoms with Gasteiger partial charge in [-0.25, -0.2) is 4.79 Å². The zero-order valence-corrected chi connectivity index (χ0v) is 12.1. The van der Waals surface area contributed by atoms with E-state index in [-0.39, 0.29) is 0 Å². The van der Waals surface area contributed by atoms with E-state index in [9.17, 15) is 4.79 Å². The van der Waals surface area contributed by atoms with Gasteiger partial charge < -0.3 is 4.84 Å². The predicted octanol–water partition coefficient (Wildman–Crippen LogP) is 3.43. The Balaban J connectivity index is 2.57. The van der Waals surface area contributed by atoms with E-state index < -0.39 is 9.76 Å². The number of carbonyl (C=O) groups is 1. The molecule has 1 rings (SSSR count). The summed E-state index contributed by atoms with van der Waals surface area (Å²) >= 11 is 21.7. The predicted molar refractivity (Wildman–Crippen MR) is 73.2 cm³/mol. The maximum Gasteiger partial charge on any atom is 0.385 e. The van der Waals surface area contributed by atoms with Crippen LogP contribution in [0.5, 0.6) is 0 Å². The van der Waals surface area contributed by atoms with E-state index in [0.717, 1.165) is 10.7 Å². The summed E-state index contributed by atoms with van der Waals surface area (Å²) in [5.41, 5.74) is 0.774. The van der Waals surface area contributed by atoms with Crippen molar-refractivity contribution in [3.63, 3.8) is 0 Å². The molecule has 0 aliphatic carbocycles. The molecule has 0 heterocycles. The first-order valence-electron chi connectivity index (χ1n) is 4.61. The van der Waals surface area contributed by atoms with Crippen LogP contribution in [0.2, 0.25) is 5.02 Å². The highest BCUT2D eigenvalue weighted by Gasteiger charge is 2.34. The molecule has 0 aromatic heterocycles. The second-order valence-electron chi connectivity index (χ2n) is 3.14. The molecule has 0 atom stereocenters. The molecule has 0 saturated carbocycles. The molecular formula is C10H8Cl4N2O2. The van der Waals surface area contributed by atoms with Crippen LogP contribution < -0.4 is 0 Å². The van der Waals surface area contributed by atoms with Gasteiger partial charge in [0.1, 0.15) is 0 Å². The number of carbonyl (C=O) groups excluding carboxylic acids is 1. The van der Waals surface area contributed by atoms with Gasteiger partial charge in [0.15, 0.2) is 0 Å². The smallest absolute Gasteiger partial charge is 0.319 e. The number of benzene rings is 1. The van der Waals surface area contributed by atoms with Gasteiger partial charge in [0.05, 0.1) is 13.3 Å². The molecule has 0 aliphatic rings. The fourth-order valence-corrected chi connectivity index (χ4v) is 1.12. The molecule has 4 nitrogen and oxygen atoms in total. The Morgan fingerprint density at radius 2 is 1.89 bits per heavy atom. The number of hydroxylamine groups is 1. The Kier molecular flexibility index (Phi) is 5.53. The zero-order valence-electron chi connectivity index (χ0n) is 9.11. The van der Waals surface area contributed by atoms with Crippen molar-refractivity contribution in [3.8, 4) is 0 Å². The minimum absolute atomic E-state index is 0.614. The largest absolute Gasteiger partial charge is 0.385 e. The van der Waals surface area contributed by atoms with Gasteiger partial charge in [-0.1, -0.05) is 58.5 Å². The lowest BCUT2D eigenvalue weighted by molar-refractivity contribution is -0.182. The minimum Gasteiger partial charge on any atom is -0.319 e. The SMILES string of the molecule is CN(N=Cc1ccc(Cl)cc1)OC(=O)C(Cl)(Cl)Cl. The van der Waals surface area contributed by atoms with Crippen LogP contribution >= 0.6 is 46.4 Å². The molecule has 1 aromatic rings. The third-order valence-electron chi connectivity index (χ3n) is 1.69. The van der Waals surface area contributed by atoms with Crippen molar-refractivity contribution < 1.29 is 9.63 Å². The number of alkyl halides is 3. The topological polar surface area (TPSA) is 41.9 Å². The molecule has 0 unspecified atom stereocenters. The maximum atomic E-state index is 11.2. The Morgan fingerprint density at radius 3 is 2.39 bits per heavy atom. The van der Waals surface area contributed by atoms with Gasteiger partial charge in [0, 0.05) is 5.02 Å². The highest BCUT2D eigenvalue weighted by Crippen LogP contribution is 2.27. The Labute approximate surface area is 124 Å². The summed E-state index contributed by atoms with van der Waals surface area (Å²) < 4.78 is -2.13. The molecule has 0 radical (unpaired) electrons. The molecule has 0 N–H and O–H groups in total. The lowest BCUT2D eigenvalue weighted by atomic mass is 10.2. The average Bonchev–Trinajstić information content (AvgIpc) is 2.27. The van der Waals surface area contributed by atoms with Crippen molar-refractivity contribution in [2.24, 2.45) is 5.10 Å². The number of hydrogen-bond acceptors (Lipinski definition) is 4. The molecule has 0 fully saturated rings. The van der Waals surface area contributed by atoms with E-state index in [0.29, 0.717) is 5.02 Å². The fourth-order valence-electron chi connectivity index (χ4n) is 0.892. The molecular weight excluding hydrogens is 322 g/mol. The second-order valence-corrected chi connectivity index (χ2v) is 5.85. The lowest BCUT2D eigenvalue weighted by Gasteiger charge is -2.15. The van der Waals surface area contributed by atoms with E-state index in [1.54, 1.807) is 24.3 Å². The zero-order chi connectivity index (χ0) is 13.8. The summed E-state index contributed by atoms with van der Waals surface area (Å²) in [6, 6.07) is 6.90. The van der Waals surface area contributed by atoms with Crippen molar-refractivity contribution in [2.75, 3.05) is 7.05 Å². The monoisotopic (exact) mass is 328 g/mol. The standard InChI is InChI=1S/C10H8Cl4N2O2/c1-16(18-9(17)10(12,13)14)15-6-7-2-4-8(11)5-3-7/h2-6H,1H3. The molecule has 1 aromatic carbocycles. The minimum atomic E-state index is -2.13. The van der Waals surface area contributed by atoms with Gasteiger partial charge in [-0.2, -0.15) is 0 Å². The third kappa shape index (κ3) is 5.31. The van der Waals surface area contributed by atoms with Gasteiger partial charge in [-0.3, -0.25) is 0 Å². The summed E-state index contributed by atoms with van der Waals surface area (Å²) in [5.74, 6) is -1.04. The normalized spacial score (nSPS) is 11.6. The van der Waals surface area contributed by atoms with E-state index in [2.05, 4.69) is 9.94 Å². The molecule has 0 amide bonds. The van der Waals surface area contributed by atoms with E-state index in [1.165, 1.54) is 13.3 Å². The fraction of sp³-hybridized carbons (Fsp3) is 0.200. The average molecular weight is 330 g/mol. The molecule has 0 saturated heterocycles. The lowest BCUT2D eigenvalue weighted by Crippen LogP contribution is -2.28. The first-order chi connectivity index (χ1) is 8.29. The summed E-state index contributed by atoms with van der Waals surface area (Å²) in [6.07, 6.45) is 1.46. The van der Waals surface area contributed by atoms with Crippen LogP contribution in [0.3, 0.4) is 0 Å². The van der Waals surface area contributed by atoms with Crippen molar-refractivity contribution in [1.29, 1.82) is 0 Å². The summed E-state index contributed by atoms with van der Waals surface area (Å²) in [5, 5.41) is 5.33. The highest BCUT2D eigenvalue weighted by atomic mass is 35.6. The molecule has 0 bridgehead atoms. The van der Waals surface area contributed by atoms with Gasteiger partial charge in [-0.15, -0.1) is 10.3 Å². The Bertz CT molecular complexity index is 442. The molecule has 0 spiro atoms. The van der Waals surface area contributed by atoms with E-state index >= 15 is 0 Å². The van der Waals surface area contributed by atoms with Crippen molar-refractivity contribution in [2.45, 2.75) is 3.79 Å². The third-order valence-corrected chi connectivity index (χ3v) is 2.40. The van der Waals surface area contributed by atoms with Crippen molar-refractivity contribution in [1.82, 2.24) is 5.17 Å². The Morgan fingerprint density at radius 1 is 1.33 bits per heavy atom. The van der Waals surface area contributed by atoms with Crippen LogP contribution in [0.15, 0.2) is 29.4 Å². The van der Waals surface area contributed by atoms with E-state index in [4.69, 9.17) is 46.4 Å². The quantitative estimate of drug-likeness (QED) is 0.484. The molecule has 18 heavy (non-hydrogen) atoms. The van der Waals surface area contributed by atoms with Gasteiger partial charge in [-0.05, 0) is 17.7 Å². The summed E-state index contributed by atoms with van der Waals surface area (Å²) in [6.45, 7) is 0. The van der Waals surface area contributed by atoms with Crippen molar-refractivity contribution in [3.05, 3.63) is 34.9 Å².